The average Bonchev–Trinajstić information content (AvgIpc) is 2.71. The smallest absolute Gasteiger partial charge is 0.188 e. The third-order valence-electron chi connectivity index (χ3n) is 3.57. The monoisotopic (exact) mass is 225 g/mol. The van der Waals surface area contributed by atoms with Gasteiger partial charge in [0, 0.05) is 13.2 Å². The van der Waals surface area contributed by atoms with Crippen LogP contribution in [0.5, 0.6) is 0 Å². The predicted molar refractivity (Wildman–Crippen MR) is 65.4 cm³/mol. The van der Waals surface area contributed by atoms with E-state index in [1.54, 1.807) is 0 Å². The number of rotatable bonds is 5. The lowest BCUT2D eigenvalue weighted by molar-refractivity contribution is 0.117. The molecular weight excluding hydrogens is 202 g/mol. The highest BCUT2D eigenvalue weighted by Crippen LogP contribution is 2.28. The zero-order chi connectivity index (χ0) is 11.2. The molecule has 2 rings (SSSR count). The van der Waals surface area contributed by atoms with Crippen molar-refractivity contribution in [1.29, 1.82) is 0 Å². The van der Waals surface area contributed by atoms with E-state index < -0.39 is 0 Å². The van der Waals surface area contributed by atoms with Crippen molar-refractivity contribution in [2.75, 3.05) is 19.7 Å². The molecule has 0 aromatic rings. The van der Waals surface area contributed by atoms with Gasteiger partial charge in [0.25, 0.3) is 0 Å². The molecular formula is C12H23N3O. The molecule has 3 N–H and O–H groups in total. The van der Waals surface area contributed by atoms with Crippen molar-refractivity contribution < 1.29 is 4.74 Å². The molecule has 4 heteroatoms. The molecule has 1 aliphatic heterocycles. The maximum Gasteiger partial charge on any atom is 0.188 e. The maximum absolute atomic E-state index is 5.78. The van der Waals surface area contributed by atoms with Crippen molar-refractivity contribution in [3.63, 3.8) is 0 Å². The molecule has 1 aliphatic carbocycles. The molecule has 0 bridgehead atoms. The molecule has 2 aliphatic rings. The fraction of sp³-hybridized carbons (Fsp3) is 0.917. The summed E-state index contributed by atoms with van der Waals surface area (Å²) < 4.78 is 5.48. The molecule has 0 aromatic carbocycles. The highest BCUT2D eigenvalue weighted by molar-refractivity contribution is 5.77. The third-order valence-corrected chi connectivity index (χ3v) is 3.57. The minimum absolute atomic E-state index is 0.298. The number of nitrogens with one attached hydrogen (secondary N) is 1. The van der Waals surface area contributed by atoms with E-state index in [9.17, 15) is 0 Å². The summed E-state index contributed by atoms with van der Waals surface area (Å²) in [5, 5.41) is 3.18. The van der Waals surface area contributed by atoms with Crippen LogP contribution in [0, 0.1) is 5.92 Å². The topological polar surface area (TPSA) is 59.6 Å². The summed E-state index contributed by atoms with van der Waals surface area (Å²) in [5.74, 6) is 1.51. The van der Waals surface area contributed by atoms with E-state index in [-0.39, 0.29) is 0 Å². The van der Waals surface area contributed by atoms with Gasteiger partial charge in [0.1, 0.15) is 0 Å². The lowest BCUT2D eigenvalue weighted by atomic mass is 9.83. The predicted octanol–water partition coefficient (Wildman–Crippen LogP) is 1.26. The van der Waals surface area contributed by atoms with E-state index >= 15 is 0 Å². The highest BCUT2D eigenvalue weighted by atomic mass is 16.5. The second-order valence-corrected chi connectivity index (χ2v) is 4.87. The van der Waals surface area contributed by atoms with Crippen molar-refractivity contribution in [1.82, 2.24) is 5.32 Å². The van der Waals surface area contributed by atoms with Gasteiger partial charge in [-0.05, 0) is 25.2 Å². The van der Waals surface area contributed by atoms with Gasteiger partial charge in [-0.25, -0.2) is 0 Å². The normalized spacial score (nSPS) is 26.8. The highest BCUT2D eigenvalue weighted by Gasteiger charge is 2.17. The Labute approximate surface area is 97.6 Å². The lowest BCUT2D eigenvalue weighted by Gasteiger charge is -2.25. The number of nitrogens with two attached hydrogens (primary N) is 1. The Kier molecular flexibility index (Phi) is 4.45. The molecule has 0 amide bonds. The Morgan fingerprint density at radius 3 is 2.81 bits per heavy atom. The number of guanidine groups is 1. The molecule has 0 aromatic heterocycles. The van der Waals surface area contributed by atoms with Gasteiger partial charge in [-0.2, -0.15) is 0 Å². The van der Waals surface area contributed by atoms with Crippen LogP contribution >= 0.6 is 0 Å². The van der Waals surface area contributed by atoms with Crippen LogP contribution in [0.1, 0.15) is 38.5 Å². The van der Waals surface area contributed by atoms with Crippen molar-refractivity contribution in [3.8, 4) is 0 Å². The second-order valence-electron chi connectivity index (χ2n) is 4.87. The first kappa shape index (κ1) is 11.7. The van der Waals surface area contributed by atoms with Gasteiger partial charge in [0.15, 0.2) is 5.96 Å². The van der Waals surface area contributed by atoms with Crippen LogP contribution in [0.15, 0.2) is 4.99 Å². The van der Waals surface area contributed by atoms with Crippen LogP contribution in [0.4, 0.5) is 0 Å². The van der Waals surface area contributed by atoms with Crippen molar-refractivity contribution in [2.24, 2.45) is 16.6 Å². The second kappa shape index (κ2) is 6.09. The summed E-state index contributed by atoms with van der Waals surface area (Å²) in [4.78, 5) is 4.31. The number of hydrogen-bond donors (Lipinski definition) is 2. The number of aliphatic imine (C=N–C) groups is 1. The fourth-order valence-corrected chi connectivity index (χ4v) is 2.23. The molecule has 1 unspecified atom stereocenters. The van der Waals surface area contributed by atoms with Gasteiger partial charge < -0.3 is 15.8 Å². The molecule has 1 atom stereocenters. The van der Waals surface area contributed by atoms with Crippen LogP contribution < -0.4 is 11.1 Å². The Morgan fingerprint density at radius 2 is 2.19 bits per heavy atom. The first-order valence-electron chi connectivity index (χ1n) is 6.50. The molecule has 1 saturated heterocycles. The van der Waals surface area contributed by atoms with Gasteiger partial charge in [-0.1, -0.05) is 19.3 Å². The Hall–Kier alpha value is -0.770. The van der Waals surface area contributed by atoms with Gasteiger partial charge in [0.05, 0.1) is 12.6 Å². The first-order valence-corrected chi connectivity index (χ1v) is 6.50. The molecule has 16 heavy (non-hydrogen) atoms. The molecule has 0 radical (unpaired) electrons. The summed E-state index contributed by atoms with van der Waals surface area (Å²) in [6, 6.07) is 0. The Morgan fingerprint density at radius 1 is 1.31 bits per heavy atom. The van der Waals surface area contributed by atoms with Gasteiger partial charge in [-0.3, -0.25) is 4.99 Å². The average molecular weight is 225 g/mol. The van der Waals surface area contributed by atoms with Crippen LogP contribution in [0.2, 0.25) is 0 Å². The Balaban J connectivity index is 1.54. The van der Waals surface area contributed by atoms with Crippen LogP contribution in [-0.2, 0) is 4.74 Å². The number of hydrogen-bond acceptors (Lipinski definition) is 2. The van der Waals surface area contributed by atoms with E-state index in [2.05, 4.69) is 10.3 Å². The number of nitrogens with zero attached hydrogens (tertiary/aromatic N) is 1. The summed E-state index contributed by atoms with van der Waals surface area (Å²) in [5.41, 5.74) is 5.78. The van der Waals surface area contributed by atoms with Gasteiger partial charge in [-0.15, -0.1) is 0 Å². The van der Waals surface area contributed by atoms with Gasteiger partial charge in [0.2, 0.25) is 0 Å². The molecule has 2 fully saturated rings. The fourth-order valence-electron chi connectivity index (χ4n) is 2.23. The standard InChI is InChI=1S/C12H23N3O/c13-12(14-7-6-10-3-1-4-10)15-9-11-5-2-8-16-11/h10-11H,1-9H2,(H3,13,14,15). The zero-order valence-electron chi connectivity index (χ0n) is 9.95. The Bertz CT molecular complexity index is 232. The van der Waals surface area contributed by atoms with E-state index in [1.807, 2.05) is 0 Å². The summed E-state index contributed by atoms with van der Waals surface area (Å²) in [6.07, 6.45) is 8.02. The van der Waals surface area contributed by atoms with Crippen molar-refractivity contribution >= 4 is 5.96 Å². The maximum atomic E-state index is 5.78. The minimum atomic E-state index is 0.298. The zero-order valence-corrected chi connectivity index (χ0v) is 9.95. The van der Waals surface area contributed by atoms with Crippen LogP contribution in [-0.4, -0.2) is 31.8 Å². The van der Waals surface area contributed by atoms with E-state index in [0.717, 1.165) is 31.9 Å². The van der Waals surface area contributed by atoms with Crippen molar-refractivity contribution in [2.45, 2.75) is 44.6 Å². The van der Waals surface area contributed by atoms with E-state index in [4.69, 9.17) is 10.5 Å². The first-order chi connectivity index (χ1) is 7.84. The molecule has 4 nitrogen and oxygen atoms in total. The van der Waals surface area contributed by atoms with Crippen LogP contribution in [0.25, 0.3) is 0 Å². The molecule has 1 saturated carbocycles. The van der Waals surface area contributed by atoms with Crippen molar-refractivity contribution in [3.05, 3.63) is 0 Å². The number of ether oxygens (including phenoxy) is 1. The van der Waals surface area contributed by atoms with E-state index in [0.29, 0.717) is 18.6 Å². The molecule has 1 heterocycles. The van der Waals surface area contributed by atoms with Crippen LogP contribution in [0.3, 0.4) is 0 Å². The lowest BCUT2D eigenvalue weighted by Crippen LogP contribution is -2.34. The largest absolute Gasteiger partial charge is 0.376 e. The molecule has 92 valence electrons. The summed E-state index contributed by atoms with van der Waals surface area (Å²) in [7, 11) is 0. The SMILES string of the molecule is NC(=NCC1CCCO1)NCCC1CCC1. The molecule has 0 spiro atoms. The van der Waals surface area contributed by atoms with E-state index in [1.165, 1.54) is 25.7 Å². The summed E-state index contributed by atoms with van der Waals surface area (Å²) >= 11 is 0. The quantitative estimate of drug-likeness (QED) is 0.547. The minimum Gasteiger partial charge on any atom is -0.376 e. The summed E-state index contributed by atoms with van der Waals surface area (Å²) in [6.45, 7) is 2.56. The van der Waals surface area contributed by atoms with Gasteiger partial charge >= 0.3 is 0 Å². The third kappa shape index (κ3) is 3.67.